The zero-order valence-electron chi connectivity index (χ0n) is 22.3. The third-order valence-corrected chi connectivity index (χ3v) is 7.20. The number of urea groups is 1. The van der Waals surface area contributed by atoms with Gasteiger partial charge in [-0.2, -0.15) is 5.26 Å². The van der Waals surface area contributed by atoms with Crippen LogP contribution in [0.25, 0.3) is 0 Å². The van der Waals surface area contributed by atoms with Crippen molar-refractivity contribution in [3.8, 4) is 6.07 Å². The maximum Gasteiger partial charge on any atom is 0.329 e. The molecule has 8 heteroatoms. The molecule has 1 N–H and O–H groups in total. The summed E-state index contributed by atoms with van der Waals surface area (Å²) in [6.07, 6.45) is 5.78. The van der Waals surface area contributed by atoms with Crippen molar-refractivity contribution in [3.63, 3.8) is 0 Å². The van der Waals surface area contributed by atoms with Gasteiger partial charge in [0.05, 0.1) is 35.3 Å². The first-order valence-electron chi connectivity index (χ1n) is 13.6. The molecule has 1 aromatic heterocycles. The number of imidazole rings is 1. The lowest BCUT2D eigenvalue weighted by molar-refractivity contribution is -0.126. The number of carbonyl (C=O) groups is 2. The fourth-order valence-electron chi connectivity index (χ4n) is 5.07. The number of amides is 3. The third-order valence-electron chi connectivity index (χ3n) is 7.20. The number of para-hydroxylation sites is 2. The molecule has 1 aliphatic heterocycles. The quantitative estimate of drug-likeness (QED) is 0.340. The number of likely N-dealkylation sites (tertiary alicyclic amines) is 1. The van der Waals surface area contributed by atoms with Crippen molar-refractivity contribution >= 4 is 23.3 Å². The molecule has 0 unspecified atom stereocenters. The molecule has 40 heavy (non-hydrogen) atoms. The Morgan fingerprint density at radius 1 is 0.975 bits per heavy atom. The average Bonchev–Trinajstić information content (AvgIpc) is 3.45. The van der Waals surface area contributed by atoms with Crippen LogP contribution >= 0.6 is 0 Å². The van der Waals surface area contributed by atoms with Crippen molar-refractivity contribution in [1.82, 2.24) is 19.8 Å². The number of nitriles is 1. The number of piperidine rings is 1. The third kappa shape index (κ3) is 6.38. The van der Waals surface area contributed by atoms with Crippen LogP contribution in [0, 0.1) is 17.2 Å². The highest BCUT2D eigenvalue weighted by molar-refractivity contribution is 5.99. The lowest BCUT2D eigenvalue weighted by atomic mass is 9.97. The van der Waals surface area contributed by atoms with Gasteiger partial charge >= 0.3 is 6.03 Å². The van der Waals surface area contributed by atoms with Crippen molar-refractivity contribution in [2.45, 2.75) is 25.8 Å². The molecule has 3 amide bonds. The zero-order chi connectivity index (χ0) is 27.7. The molecular formula is C32H32N6O2. The maximum absolute atomic E-state index is 13.8. The number of nitrogens with zero attached hydrogens (tertiary/aromatic N) is 5. The van der Waals surface area contributed by atoms with Gasteiger partial charge in [0.2, 0.25) is 5.91 Å². The number of benzene rings is 3. The standard InChI is InChI=1S/C32H32N6O2/c33-20-25-13-15-26(16-14-25)22-37-24-34-21-30(37)17-18-35-31(39)27-8-7-19-36(23-27)32(40)38(28-9-3-1-4-10-28)29-11-5-2-6-12-29/h1-6,9-16,21,24,27H,7-8,17-19,22-23H2,(H,35,39)/t27-/m0/s1. The molecule has 0 radical (unpaired) electrons. The van der Waals surface area contributed by atoms with E-state index in [9.17, 15) is 9.59 Å². The first-order valence-corrected chi connectivity index (χ1v) is 13.6. The molecule has 1 fully saturated rings. The molecule has 0 bridgehead atoms. The van der Waals surface area contributed by atoms with Crippen LogP contribution in [0.3, 0.4) is 0 Å². The number of aromatic nitrogens is 2. The molecular weight excluding hydrogens is 500 g/mol. The molecule has 202 valence electrons. The van der Waals surface area contributed by atoms with Gasteiger partial charge in [-0.1, -0.05) is 48.5 Å². The second kappa shape index (κ2) is 12.8. The highest BCUT2D eigenvalue weighted by Gasteiger charge is 2.31. The molecule has 1 saturated heterocycles. The molecule has 4 aromatic rings. The lowest BCUT2D eigenvalue weighted by Gasteiger charge is -2.36. The average molecular weight is 533 g/mol. The summed E-state index contributed by atoms with van der Waals surface area (Å²) in [5.41, 5.74) is 4.32. The predicted octanol–water partition coefficient (Wildman–Crippen LogP) is 5.13. The van der Waals surface area contributed by atoms with Gasteiger partial charge in [-0.3, -0.25) is 9.69 Å². The van der Waals surface area contributed by atoms with Crippen molar-refractivity contribution < 1.29 is 9.59 Å². The second-order valence-corrected chi connectivity index (χ2v) is 9.94. The van der Waals surface area contributed by atoms with Crippen molar-refractivity contribution in [2.75, 3.05) is 24.5 Å². The fraction of sp³-hybridized carbons (Fsp3) is 0.250. The molecule has 0 aliphatic carbocycles. The number of carbonyl (C=O) groups excluding carboxylic acids is 2. The Kier molecular flexibility index (Phi) is 8.52. The van der Waals surface area contributed by atoms with Crippen LogP contribution in [-0.2, 0) is 17.8 Å². The summed E-state index contributed by atoms with van der Waals surface area (Å²) in [4.78, 5) is 34.7. The van der Waals surface area contributed by atoms with Crippen molar-refractivity contribution in [2.24, 2.45) is 5.92 Å². The Morgan fingerprint density at radius 3 is 2.30 bits per heavy atom. The first-order chi connectivity index (χ1) is 19.6. The molecule has 2 heterocycles. The predicted molar refractivity (Wildman–Crippen MR) is 154 cm³/mol. The van der Waals surface area contributed by atoms with E-state index >= 15 is 0 Å². The van der Waals surface area contributed by atoms with E-state index in [1.54, 1.807) is 16.1 Å². The van der Waals surface area contributed by atoms with Gasteiger partial charge in [0.1, 0.15) is 0 Å². The van der Waals surface area contributed by atoms with E-state index in [1.807, 2.05) is 91.1 Å². The summed E-state index contributed by atoms with van der Waals surface area (Å²) in [5.74, 6) is -0.281. The summed E-state index contributed by atoms with van der Waals surface area (Å²) >= 11 is 0. The number of hydrogen-bond donors (Lipinski definition) is 1. The highest BCUT2D eigenvalue weighted by atomic mass is 16.2. The Bertz CT molecular complexity index is 1420. The van der Waals surface area contributed by atoms with Gasteiger partial charge in [-0.15, -0.1) is 0 Å². The number of anilines is 2. The van der Waals surface area contributed by atoms with Gasteiger partial charge in [-0.25, -0.2) is 9.78 Å². The van der Waals surface area contributed by atoms with Gasteiger partial charge in [0.15, 0.2) is 0 Å². The van der Waals surface area contributed by atoms with Gasteiger partial charge in [0, 0.05) is 44.5 Å². The van der Waals surface area contributed by atoms with E-state index in [4.69, 9.17) is 5.26 Å². The van der Waals surface area contributed by atoms with Crippen LogP contribution in [-0.4, -0.2) is 46.0 Å². The van der Waals surface area contributed by atoms with E-state index < -0.39 is 0 Å². The lowest BCUT2D eigenvalue weighted by Crippen LogP contribution is -2.49. The smallest absolute Gasteiger partial charge is 0.329 e. The monoisotopic (exact) mass is 532 g/mol. The summed E-state index contributed by atoms with van der Waals surface area (Å²) in [6.45, 7) is 2.14. The topological polar surface area (TPSA) is 94.3 Å². The van der Waals surface area contributed by atoms with E-state index in [2.05, 4.69) is 20.9 Å². The van der Waals surface area contributed by atoms with Gasteiger partial charge in [0.25, 0.3) is 0 Å². The van der Waals surface area contributed by atoms with Crippen LogP contribution in [0.1, 0.15) is 29.7 Å². The number of hydrogen-bond acceptors (Lipinski definition) is 4. The molecule has 8 nitrogen and oxygen atoms in total. The summed E-state index contributed by atoms with van der Waals surface area (Å²) in [5, 5.41) is 12.1. The summed E-state index contributed by atoms with van der Waals surface area (Å²) < 4.78 is 2.05. The molecule has 0 saturated carbocycles. The summed E-state index contributed by atoms with van der Waals surface area (Å²) in [6, 6.07) is 28.7. The Labute approximate surface area is 234 Å². The van der Waals surface area contributed by atoms with Crippen molar-refractivity contribution in [3.05, 3.63) is 114 Å². The molecule has 0 spiro atoms. The van der Waals surface area contributed by atoms with E-state index in [0.29, 0.717) is 38.2 Å². The van der Waals surface area contributed by atoms with Crippen molar-refractivity contribution in [1.29, 1.82) is 5.26 Å². The van der Waals surface area contributed by atoms with Crippen LogP contribution < -0.4 is 10.2 Å². The maximum atomic E-state index is 13.8. The van der Waals surface area contributed by atoms with Crippen LogP contribution in [0.4, 0.5) is 16.2 Å². The Morgan fingerprint density at radius 2 is 1.65 bits per heavy atom. The fourth-order valence-corrected chi connectivity index (χ4v) is 5.07. The zero-order valence-corrected chi connectivity index (χ0v) is 22.3. The van der Waals surface area contributed by atoms with Gasteiger partial charge in [-0.05, 0) is 54.8 Å². The van der Waals surface area contributed by atoms with E-state index in [1.165, 1.54) is 0 Å². The largest absolute Gasteiger partial charge is 0.355 e. The van der Waals surface area contributed by atoms with Crippen LogP contribution in [0.15, 0.2) is 97.5 Å². The minimum absolute atomic E-state index is 0.0263. The minimum atomic E-state index is -0.255. The Hall–Kier alpha value is -4.90. The SMILES string of the molecule is N#Cc1ccc(Cn2cncc2CCNC(=O)[C@H]2CCCN(C(=O)N(c3ccccc3)c3ccccc3)C2)cc1. The molecule has 1 atom stereocenters. The summed E-state index contributed by atoms with van der Waals surface area (Å²) in [7, 11) is 0. The Balaban J connectivity index is 1.18. The van der Waals surface area contributed by atoms with Gasteiger partial charge < -0.3 is 14.8 Å². The number of rotatable bonds is 8. The molecule has 1 aliphatic rings. The highest BCUT2D eigenvalue weighted by Crippen LogP contribution is 2.28. The van der Waals surface area contributed by atoms with E-state index in [0.717, 1.165) is 35.5 Å². The molecule has 5 rings (SSSR count). The van der Waals surface area contributed by atoms with Crippen LogP contribution in [0.5, 0.6) is 0 Å². The number of nitrogens with one attached hydrogen (secondary N) is 1. The van der Waals surface area contributed by atoms with E-state index in [-0.39, 0.29) is 17.9 Å². The minimum Gasteiger partial charge on any atom is -0.355 e. The molecule has 3 aromatic carbocycles. The van der Waals surface area contributed by atoms with Crippen LogP contribution in [0.2, 0.25) is 0 Å². The second-order valence-electron chi connectivity index (χ2n) is 9.94. The first kappa shape index (κ1) is 26.7. The normalized spacial score (nSPS) is 14.8.